The average Bonchev–Trinajstić information content (AvgIpc) is 3.21. The summed E-state index contributed by atoms with van der Waals surface area (Å²) in [5.41, 5.74) is 6.98. The third-order valence-electron chi connectivity index (χ3n) is 4.85. The van der Waals surface area contributed by atoms with Crippen molar-refractivity contribution >= 4 is 22.7 Å². The van der Waals surface area contributed by atoms with Gasteiger partial charge >= 0.3 is 0 Å². The van der Waals surface area contributed by atoms with Crippen LogP contribution >= 0.6 is 0 Å². The Morgan fingerprint density at radius 3 is 2.67 bits per heavy atom. The van der Waals surface area contributed by atoms with Gasteiger partial charge in [0, 0.05) is 35.9 Å². The number of ether oxygens (including phenoxy) is 1. The van der Waals surface area contributed by atoms with Crippen molar-refractivity contribution in [3.05, 3.63) is 52.9 Å². The Morgan fingerprint density at radius 1 is 1.15 bits per heavy atom. The molecule has 0 radical (unpaired) electrons. The molecule has 1 saturated carbocycles. The first-order valence-electron chi connectivity index (χ1n) is 9.33. The number of nitrogens with one attached hydrogen (secondary N) is 1. The van der Waals surface area contributed by atoms with E-state index in [9.17, 15) is 4.79 Å². The molecule has 7 nitrogen and oxygen atoms in total. The lowest BCUT2D eigenvalue weighted by atomic mass is 10.2. The minimum atomic E-state index is 0.000422. The molecule has 1 aliphatic carbocycles. The van der Waals surface area contributed by atoms with Gasteiger partial charge in [0.2, 0.25) is 5.95 Å². The van der Waals surface area contributed by atoms with E-state index in [1.54, 1.807) is 18.3 Å². The van der Waals surface area contributed by atoms with Crippen molar-refractivity contribution in [1.82, 2.24) is 14.5 Å². The molecule has 0 atom stereocenters. The lowest BCUT2D eigenvalue weighted by Gasteiger charge is -2.16. The number of rotatable bonds is 6. The van der Waals surface area contributed by atoms with Crippen molar-refractivity contribution in [1.29, 1.82) is 0 Å². The topological polar surface area (TPSA) is 95.1 Å². The molecule has 140 valence electrons. The highest BCUT2D eigenvalue weighted by Crippen LogP contribution is 2.30. The quantitative estimate of drug-likeness (QED) is 0.697. The molecule has 0 saturated heterocycles. The third kappa shape index (κ3) is 3.78. The number of hydrogen-bond acceptors (Lipinski definition) is 6. The number of fused-ring (bicyclic) bond motifs is 1. The number of benzene rings is 1. The van der Waals surface area contributed by atoms with Crippen molar-refractivity contribution in [2.45, 2.75) is 31.7 Å². The predicted molar refractivity (Wildman–Crippen MR) is 106 cm³/mol. The highest BCUT2D eigenvalue weighted by atomic mass is 16.5. The molecule has 1 fully saturated rings. The van der Waals surface area contributed by atoms with Gasteiger partial charge in [-0.2, -0.15) is 4.98 Å². The molecule has 0 amide bonds. The number of pyridine rings is 1. The van der Waals surface area contributed by atoms with Crippen molar-refractivity contribution in [2.75, 3.05) is 18.5 Å². The number of nitrogens with zero attached hydrogens (tertiary/aromatic N) is 3. The summed E-state index contributed by atoms with van der Waals surface area (Å²) < 4.78 is 7.31. The smallest absolute Gasteiger partial charge is 0.252 e. The van der Waals surface area contributed by atoms with Gasteiger partial charge in [-0.15, -0.1) is 0 Å². The Hall–Kier alpha value is -2.93. The van der Waals surface area contributed by atoms with Gasteiger partial charge < -0.3 is 15.8 Å². The van der Waals surface area contributed by atoms with Crippen LogP contribution in [0, 0.1) is 0 Å². The van der Waals surface area contributed by atoms with Crippen LogP contribution in [-0.2, 0) is 0 Å². The van der Waals surface area contributed by atoms with Gasteiger partial charge in [0.05, 0.1) is 0 Å². The summed E-state index contributed by atoms with van der Waals surface area (Å²) >= 11 is 0. The van der Waals surface area contributed by atoms with Crippen LogP contribution in [0.2, 0.25) is 0 Å². The van der Waals surface area contributed by atoms with E-state index in [1.807, 2.05) is 28.8 Å². The normalized spacial score (nSPS) is 14.6. The SMILES string of the molecule is NCCOc1ccc(Nc2ncc3ccc(=O)n(C4CCCC4)c3n2)cc1. The fourth-order valence-corrected chi connectivity index (χ4v) is 3.55. The van der Waals surface area contributed by atoms with E-state index >= 15 is 0 Å². The van der Waals surface area contributed by atoms with Crippen LogP contribution in [-0.4, -0.2) is 27.7 Å². The Balaban J connectivity index is 1.62. The maximum atomic E-state index is 12.5. The van der Waals surface area contributed by atoms with Crippen LogP contribution < -0.4 is 21.3 Å². The van der Waals surface area contributed by atoms with Gasteiger partial charge in [-0.25, -0.2) is 4.98 Å². The second kappa shape index (κ2) is 7.75. The summed E-state index contributed by atoms with van der Waals surface area (Å²) in [6.07, 6.45) is 6.12. The van der Waals surface area contributed by atoms with E-state index < -0.39 is 0 Å². The van der Waals surface area contributed by atoms with Gasteiger partial charge in [0.1, 0.15) is 18.0 Å². The number of hydrogen-bond donors (Lipinski definition) is 2. The molecule has 0 bridgehead atoms. The maximum absolute atomic E-state index is 12.5. The minimum Gasteiger partial charge on any atom is -0.492 e. The zero-order valence-corrected chi connectivity index (χ0v) is 15.1. The second-order valence-electron chi connectivity index (χ2n) is 6.74. The zero-order valence-electron chi connectivity index (χ0n) is 15.1. The Labute approximate surface area is 157 Å². The van der Waals surface area contributed by atoms with Crippen LogP contribution in [0.3, 0.4) is 0 Å². The first-order chi connectivity index (χ1) is 13.2. The Bertz CT molecular complexity index is 978. The first-order valence-corrected chi connectivity index (χ1v) is 9.33. The molecule has 4 rings (SSSR count). The van der Waals surface area contributed by atoms with E-state index in [0.717, 1.165) is 42.5 Å². The van der Waals surface area contributed by atoms with E-state index in [4.69, 9.17) is 10.5 Å². The van der Waals surface area contributed by atoms with Crippen molar-refractivity contribution in [3.63, 3.8) is 0 Å². The first kappa shape index (κ1) is 17.5. The van der Waals surface area contributed by atoms with E-state index in [2.05, 4.69) is 15.3 Å². The molecule has 3 aromatic rings. The van der Waals surface area contributed by atoms with E-state index in [1.165, 1.54) is 0 Å². The second-order valence-corrected chi connectivity index (χ2v) is 6.74. The average molecular weight is 365 g/mol. The summed E-state index contributed by atoms with van der Waals surface area (Å²) in [6.45, 7) is 0.965. The van der Waals surface area contributed by atoms with Crippen molar-refractivity contribution in [2.24, 2.45) is 5.73 Å². The molecular weight excluding hydrogens is 342 g/mol. The molecule has 0 unspecified atom stereocenters. The van der Waals surface area contributed by atoms with Gasteiger partial charge in [0.25, 0.3) is 5.56 Å². The fourth-order valence-electron chi connectivity index (χ4n) is 3.55. The van der Waals surface area contributed by atoms with Gasteiger partial charge in [-0.3, -0.25) is 9.36 Å². The zero-order chi connectivity index (χ0) is 18.6. The minimum absolute atomic E-state index is 0.000422. The molecule has 1 aliphatic rings. The highest BCUT2D eigenvalue weighted by Gasteiger charge is 2.20. The van der Waals surface area contributed by atoms with Crippen LogP contribution in [0.4, 0.5) is 11.6 Å². The molecule has 2 heterocycles. The largest absolute Gasteiger partial charge is 0.492 e. The Kier molecular flexibility index (Phi) is 5.02. The summed E-state index contributed by atoms with van der Waals surface area (Å²) in [6, 6.07) is 11.2. The summed E-state index contributed by atoms with van der Waals surface area (Å²) in [5.74, 6) is 1.23. The van der Waals surface area contributed by atoms with E-state index in [0.29, 0.717) is 24.7 Å². The molecule has 1 aromatic carbocycles. The number of nitrogens with two attached hydrogens (primary N) is 1. The summed E-state index contributed by atoms with van der Waals surface area (Å²) in [5, 5.41) is 4.07. The Morgan fingerprint density at radius 2 is 1.93 bits per heavy atom. The lowest BCUT2D eigenvalue weighted by molar-refractivity contribution is 0.328. The van der Waals surface area contributed by atoms with Gasteiger partial charge in [0.15, 0.2) is 0 Å². The van der Waals surface area contributed by atoms with E-state index in [-0.39, 0.29) is 11.6 Å². The fraction of sp³-hybridized carbons (Fsp3) is 0.350. The molecule has 0 spiro atoms. The lowest BCUT2D eigenvalue weighted by Crippen LogP contribution is -2.23. The highest BCUT2D eigenvalue weighted by molar-refractivity contribution is 5.75. The third-order valence-corrected chi connectivity index (χ3v) is 4.85. The van der Waals surface area contributed by atoms with Gasteiger partial charge in [-0.1, -0.05) is 12.8 Å². The number of anilines is 2. The van der Waals surface area contributed by atoms with Crippen LogP contribution in [0.1, 0.15) is 31.7 Å². The monoisotopic (exact) mass is 365 g/mol. The molecular formula is C20H23N5O2. The van der Waals surface area contributed by atoms with Crippen molar-refractivity contribution < 1.29 is 4.74 Å². The maximum Gasteiger partial charge on any atom is 0.252 e. The standard InChI is InChI=1S/C20H23N5O2/c21-11-12-27-17-8-6-15(7-9-17)23-20-22-13-14-5-10-18(26)25(19(14)24-20)16-3-1-2-4-16/h5-10,13,16H,1-4,11-12,21H2,(H,22,23,24). The predicted octanol–water partition coefficient (Wildman–Crippen LogP) is 2.99. The van der Waals surface area contributed by atoms with Crippen molar-refractivity contribution in [3.8, 4) is 5.75 Å². The number of aromatic nitrogens is 3. The molecule has 0 aliphatic heterocycles. The van der Waals surface area contributed by atoms with Crippen LogP contribution in [0.5, 0.6) is 5.75 Å². The molecule has 27 heavy (non-hydrogen) atoms. The molecule has 2 aromatic heterocycles. The molecule has 3 N–H and O–H groups in total. The summed E-state index contributed by atoms with van der Waals surface area (Å²) in [4.78, 5) is 21.5. The van der Waals surface area contributed by atoms with Gasteiger partial charge in [-0.05, 0) is 43.2 Å². The van der Waals surface area contributed by atoms with Crippen LogP contribution in [0.25, 0.3) is 11.0 Å². The summed E-state index contributed by atoms with van der Waals surface area (Å²) in [7, 11) is 0. The van der Waals surface area contributed by atoms with Crippen LogP contribution in [0.15, 0.2) is 47.4 Å². The molecule has 7 heteroatoms.